The molecule has 0 aromatic heterocycles. The molecule has 0 aliphatic heterocycles. The van der Waals surface area contributed by atoms with Gasteiger partial charge in [-0.05, 0) is 0 Å². The maximum Gasteiger partial charge on any atom is 0.0729 e. The molecule has 0 fully saturated rings. The predicted octanol–water partition coefficient (Wildman–Crippen LogP) is 2.69. The minimum atomic E-state index is -0.317. The third kappa shape index (κ3) is 8.28. The third-order valence-electron chi connectivity index (χ3n) is 1.17. The summed E-state index contributed by atoms with van der Waals surface area (Å²) < 4.78 is -0.635. The first-order valence-corrected chi connectivity index (χ1v) is 7.73. The molecule has 0 radical (unpaired) electrons. The van der Waals surface area contributed by atoms with Crippen molar-refractivity contribution in [1.82, 2.24) is 0 Å². The van der Waals surface area contributed by atoms with E-state index >= 15 is 0 Å². The van der Waals surface area contributed by atoms with Crippen molar-refractivity contribution in [3.63, 3.8) is 0 Å². The molecule has 0 atom stereocenters. The Morgan fingerprint density at radius 3 is 1.31 bits per heavy atom. The molecular weight excluding hydrogens is 297 g/mol. The van der Waals surface area contributed by atoms with E-state index in [2.05, 4.69) is 75.8 Å². The van der Waals surface area contributed by atoms with Gasteiger partial charge >= 0.3 is 0 Å². The molecule has 0 heterocycles. The van der Waals surface area contributed by atoms with Gasteiger partial charge < -0.3 is 0 Å². The summed E-state index contributed by atoms with van der Waals surface area (Å²) in [5.74, 6) is 2.91. The molecule has 0 unspecified atom stereocenters. The molecule has 0 aliphatic rings. The lowest BCUT2D eigenvalue weighted by Gasteiger charge is -2.23. The first kappa shape index (κ1) is 15.4. The van der Waals surface area contributed by atoms with Crippen LogP contribution in [0.5, 0.6) is 0 Å². The zero-order chi connectivity index (χ0) is 10.5. The highest BCUT2D eigenvalue weighted by Gasteiger charge is 2.22. The van der Waals surface area contributed by atoms with Crippen LogP contribution in [0.4, 0.5) is 0 Å². The minimum Gasteiger partial charge on any atom is -0.177 e. The van der Waals surface area contributed by atoms with Crippen molar-refractivity contribution in [2.24, 2.45) is 0 Å². The number of thiol groups is 6. The van der Waals surface area contributed by atoms with E-state index in [1.807, 2.05) is 0 Å². The Balaban J connectivity index is 3.68. The highest BCUT2D eigenvalue weighted by atomic mass is 32.2. The number of hydrogen-bond donors (Lipinski definition) is 6. The fourth-order valence-electron chi connectivity index (χ4n) is 0.469. The molecule has 0 aliphatic carbocycles. The van der Waals surface area contributed by atoms with Gasteiger partial charge in [-0.25, -0.2) is 0 Å². The average Bonchev–Trinajstić information content (AvgIpc) is 2.04. The molecule has 0 aromatic carbocycles. The lowest BCUT2D eigenvalue weighted by Crippen LogP contribution is -2.24. The molecule has 0 bridgehead atoms. The van der Waals surface area contributed by atoms with Gasteiger partial charge in [0.1, 0.15) is 0 Å². The van der Waals surface area contributed by atoms with Crippen LogP contribution in [0.2, 0.25) is 0 Å². The first-order valence-electron chi connectivity index (χ1n) is 3.52. The summed E-state index contributed by atoms with van der Waals surface area (Å²) in [4.78, 5) is 0. The van der Waals surface area contributed by atoms with Crippen LogP contribution in [0.15, 0.2) is 0 Å². The Bertz CT molecular complexity index is 128. The van der Waals surface area contributed by atoms with Crippen LogP contribution in [-0.4, -0.2) is 31.2 Å². The van der Waals surface area contributed by atoms with Crippen molar-refractivity contribution >= 4 is 87.5 Å². The highest BCUT2D eigenvalue weighted by molar-refractivity contribution is 8.08. The molecule has 7 heteroatoms. The zero-order valence-corrected chi connectivity index (χ0v) is 13.1. The molecule has 80 valence electrons. The fourth-order valence-corrected chi connectivity index (χ4v) is 3.05. The monoisotopic (exact) mass is 310 g/mol. The molecular formula is C6H14S7. The average molecular weight is 311 g/mol. The first-order chi connectivity index (χ1) is 5.83. The molecule has 0 saturated heterocycles. The van der Waals surface area contributed by atoms with Crippen LogP contribution in [0.1, 0.15) is 0 Å². The maximum atomic E-state index is 4.34. The molecule has 0 saturated carbocycles. The van der Waals surface area contributed by atoms with Gasteiger partial charge in [0, 0.05) is 23.0 Å². The summed E-state index contributed by atoms with van der Waals surface area (Å²) in [6, 6.07) is 0. The zero-order valence-electron chi connectivity index (χ0n) is 6.92. The smallest absolute Gasteiger partial charge is 0.0729 e. The lowest BCUT2D eigenvalue weighted by atomic mass is 10.5. The molecule has 0 rings (SSSR count). The Labute approximate surface area is 118 Å². The molecule has 0 nitrogen and oxygen atoms in total. The Morgan fingerprint density at radius 1 is 0.769 bits per heavy atom. The topological polar surface area (TPSA) is 0 Å². The van der Waals surface area contributed by atoms with E-state index in [-0.39, 0.29) is 8.16 Å². The second-order valence-corrected chi connectivity index (χ2v) is 8.52. The van der Waals surface area contributed by atoms with Crippen LogP contribution in [0.25, 0.3) is 0 Å². The van der Waals surface area contributed by atoms with E-state index in [1.54, 1.807) is 11.8 Å². The SMILES string of the molecule is SCC(S)(S)CSCC(S)(S)CS. The van der Waals surface area contributed by atoms with Crippen LogP contribution in [0.3, 0.4) is 0 Å². The van der Waals surface area contributed by atoms with Crippen molar-refractivity contribution in [2.75, 3.05) is 23.0 Å². The Hall–Kier alpha value is 2.45. The maximum absolute atomic E-state index is 4.34. The van der Waals surface area contributed by atoms with Crippen LogP contribution < -0.4 is 0 Å². The Kier molecular flexibility index (Phi) is 8.21. The summed E-state index contributed by atoms with van der Waals surface area (Å²) >= 11 is 27.4. The van der Waals surface area contributed by atoms with Crippen LogP contribution >= 0.6 is 87.5 Å². The summed E-state index contributed by atoms with van der Waals surface area (Å²) in [7, 11) is 0. The van der Waals surface area contributed by atoms with E-state index in [1.165, 1.54) is 0 Å². The summed E-state index contributed by atoms with van der Waals surface area (Å²) in [5.41, 5.74) is 0. The normalized spacial score (nSPS) is 13.4. The van der Waals surface area contributed by atoms with Gasteiger partial charge in [0.15, 0.2) is 0 Å². The second-order valence-electron chi connectivity index (χ2n) is 2.77. The van der Waals surface area contributed by atoms with E-state index in [4.69, 9.17) is 0 Å². The molecule has 0 spiro atoms. The molecule has 0 N–H and O–H groups in total. The van der Waals surface area contributed by atoms with Gasteiger partial charge in [-0.15, -0.1) is 0 Å². The second kappa shape index (κ2) is 6.91. The number of rotatable bonds is 6. The summed E-state index contributed by atoms with van der Waals surface area (Å²) in [6.07, 6.45) is 0. The van der Waals surface area contributed by atoms with Crippen molar-refractivity contribution in [3.05, 3.63) is 0 Å². The highest BCUT2D eigenvalue weighted by Crippen LogP contribution is 2.31. The van der Waals surface area contributed by atoms with Crippen molar-refractivity contribution < 1.29 is 0 Å². The van der Waals surface area contributed by atoms with Crippen molar-refractivity contribution in [1.29, 1.82) is 0 Å². The lowest BCUT2D eigenvalue weighted by molar-refractivity contribution is 1.06. The fraction of sp³-hybridized carbons (Fsp3) is 1.00. The van der Waals surface area contributed by atoms with Crippen molar-refractivity contribution in [2.45, 2.75) is 8.16 Å². The quantitative estimate of drug-likeness (QED) is 0.324. The van der Waals surface area contributed by atoms with E-state index in [0.29, 0.717) is 11.5 Å². The Morgan fingerprint density at radius 2 is 1.08 bits per heavy atom. The molecule has 13 heavy (non-hydrogen) atoms. The number of hydrogen-bond acceptors (Lipinski definition) is 7. The van der Waals surface area contributed by atoms with E-state index in [0.717, 1.165) is 11.5 Å². The van der Waals surface area contributed by atoms with Gasteiger partial charge in [0.25, 0.3) is 0 Å². The van der Waals surface area contributed by atoms with Gasteiger partial charge in [0.05, 0.1) is 8.16 Å². The molecule has 0 aromatic rings. The van der Waals surface area contributed by atoms with E-state index in [9.17, 15) is 0 Å². The van der Waals surface area contributed by atoms with Crippen LogP contribution in [0, 0.1) is 0 Å². The number of thioether (sulfide) groups is 1. The standard InChI is InChI=1S/C6H14S7/c7-1-5(9,10)3-13-4-6(11,12)2-8/h7-12H,1-4H2. The third-order valence-corrected chi connectivity index (χ3v) is 6.76. The largest absolute Gasteiger partial charge is 0.177 e. The van der Waals surface area contributed by atoms with Gasteiger partial charge in [0.2, 0.25) is 0 Å². The summed E-state index contributed by atoms with van der Waals surface area (Å²) in [5, 5.41) is 0. The molecule has 0 amide bonds. The summed E-state index contributed by atoms with van der Waals surface area (Å²) in [6.45, 7) is 0. The van der Waals surface area contributed by atoms with Gasteiger partial charge in [-0.3, -0.25) is 0 Å². The van der Waals surface area contributed by atoms with Crippen LogP contribution in [-0.2, 0) is 0 Å². The van der Waals surface area contributed by atoms with E-state index < -0.39 is 0 Å². The predicted molar refractivity (Wildman–Crippen MR) is 86.4 cm³/mol. The van der Waals surface area contributed by atoms with Gasteiger partial charge in [-0.1, -0.05) is 0 Å². The van der Waals surface area contributed by atoms with Gasteiger partial charge in [-0.2, -0.15) is 87.5 Å². The van der Waals surface area contributed by atoms with Crippen molar-refractivity contribution in [3.8, 4) is 0 Å². The minimum absolute atomic E-state index is 0.317.